The van der Waals surface area contributed by atoms with Crippen LogP contribution in [-0.4, -0.2) is 25.8 Å². The molecule has 3 aromatic carbocycles. The van der Waals surface area contributed by atoms with Gasteiger partial charge in [-0.3, -0.25) is 4.79 Å². The van der Waals surface area contributed by atoms with Crippen LogP contribution < -0.4 is 19.6 Å². The van der Waals surface area contributed by atoms with Crippen LogP contribution in [0.3, 0.4) is 0 Å². The third-order valence-electron chi connectivity index (χ3n) is 4.62. The first kappa shape index (κ1) is 25.7. The lowest BCUT2D eigenvalue weighted by Gasteiger charge is -2.11. The van der Waals surface area contributed by atoms with E-state index in [2.05, 4.69) is 10.5 Å². The number of rotatable bonds is 10. The van der Waals surface area contributed by atoms with Gasteiger partial charge in [0.15, 0.2) is 11.5 Å². The topological polar surface area (TPSA) is 69.2 Å². The van der Waals surface area contributed by atoms with Crippen molar-refractivity contribution in [2.45, 2.75) is 20.0 Å². The summed E-state index contributed by atoms with van der Waals surface area (Å²) in [5.41, 5.74) is 4.35. The van der Waals surface area contributed by atoms with E-state index in [9.17, 15) is 4.79 Å². The molecule has 0 bridgehead atoms. The summed E-state index contributed by atoms with van der Waals surface area (Å²) in [5, 5.41) is 5.47. The second-order valence-corrected chi connectivity index (χ2v) is 8.38. The highest BCUT2D eigenvalue weighted by atomic mass is 35.5. The number of benzene rings is 3. The Labute approximate surface area is 213 Å². The number of hydrogen-bond acceptors (Lipinski definition) is 5. The van der Waals surface area contributed by atoms with Gasteiger partial charge >= 0.3 is 0 Å². The van der Waals surface area contributed by atoms with Crippen molar-refractivity contribution in [1.29, 1.82) is 0 Å². The molecular weight excluding hydrogens is 499 g/mol. The monoisotopic (exact) mass is 520 g/mol. The van der Waals surface area contributed by atoms with Crippen molar-refractivity contribution in [3.63, 3.8) is 0 Å². The lowest BCUT2D eigenvalue weighted by molar-refractivity contribution is 0.0954. The minimum atomic E-state index is -0.387. The molecule has 0 spiro atoms. The average Bonchev–Trinajstić information content (AvgIpc) is 2.83. The molecule has 0 aromatic heterocycles. The van der Waals surface area contributed by atoms with Crippen molar-refractivity contribution in [3.05, 3.63) is 86.4 Å². The van der Waals surface area contributed by atoms with Gasteiger partial charge in [-0.15, -0.1) is 0 Å². The minimum absolute atomic E-state index is 0.241. The molecule has 0 aliphatic heterocycles. The van der Waals surface area contributed by atoms with E-state index in [1.54, 1.807) is 54.6 Å². The molecule has 0 saturated heterocycles. The van der Waals surface area contributed by atoms with E-state index in [-0.39, 0.29) is 12.5 Å². The highest BCUT2D eigenvalue weighted by Crippen LogP contribution is 2.29. The Bertz CT molecular complexity index is 1180. The van der Waals surface area contributed by atoms with Gasteiger partial charge in [-0.2, -0.15) is 5.10 Å². The van der Waals surface area contributed by atoms with Gasteiger partial charge < -0.3 is 14.2 Å². The van der Waals surface area contributed by atoms with Crippen molar-refractivity contribution >= 4 is 46.9 Å². The summed E-state index contributed by atoms with van der Waals surface area (Å²) < 4.78 is 16.7. The minimum Gasteiger partial charge on any atom is -0.493 e. The summed E-state index contributed by atoms with van der Waals surface area (Å²) in [5.74, 6) is 1.17. The summed E-state index contributed by atoms with van der Waals surface area (Å²) in [6, 6.07) is 15.3. The first-order chi connectivity index (χ1) is 16.4. The maximum Gasteiger partial charge on any atom is 0.271 e. The number of carbonyl (C=O) groups excluding carboxylic acids is 1. The van der Waals surface area contributed by atoms with Crippen molar-refractivity contribution in [2.24, 2.45) is 5.10 Å². The van der Waals surface area contributed by atoms with E-state index in [0.717, 1.165) is 12.0 Å². The van der Waals surface area contributed by atoms with E-state index in [1.807, 2.05) is 6.92 Å². The molecule has 178 valence electrons. The SMILES string of the molecule is CCCOc1ccc(C(=O)N/N=C/c2ccc(OCc3ccc(Cl)cc3Cl)c(Cl)c2)cc1OC. The second-order valence-electron chi connectivity index (χ2n) is 7.13. The smallest absolute Gasteiger partial charge is 0.271 e. The number of carbonyl (C=O) groups is 1. The zero-order valence-corrected chi connectivity index (χ0v) is 20.9. The number of hydrazone groups is 1. The Morgan fingerprint density at radius 1 is 0.941 bits per heavy atom. The summed E-state index contributed by atoms with van der Waals surface area (Å²) in [4.78, 5) is 12.4. The van der Waals surface area contributed by atoms with Crippen LogP contribution in [0.2, 0.25) is 15.1 Å². The normalized spacial score (nSPS) is 10.9. The first-order valence-corrected chi connectivity index (χ1v) is 11.5. The van der Waals surface area contributed by atoms with Crippen LogP contribution in [0.15, 0.2) is 59.7 Å². The zero-order valence-electron chi connectivity index (χ0n) is 18.6. The Morgan fingerprint density at radius 2 is 1.74 bits per heavy atom. The summed E-state index contributed by atoms with van der Waals surface area (Å²) in [7, 11) is 1.52. The van der Waals surface area contributed by atoms with Crippen LogP contribution >= 0.6 is 34.8 Å². The fourth-order valence-electron chi connectivity index (χ4n) is 2.88. The van der Waals surface area contributed by atoms with Crippen LogP contribution in [0.25, 0.3) is 0 Å². The lowest BCUT2D eigenvalue weighted by atomic mass is 10.2. The standard InChI is InChI=1S/C25H23Cl3N2O4/c1-3-10-33-23-9-6-17(12-24(23)32-2)25(31)30-29-14-16-4-8-22(21(28)11-16)34-15-18-5-7-19(26)13-20(18)27/h4-9,11-14H,3,10,15H2,1-2H3,(H,30,31)/b29-14+. The van der Waals surface area contributed by atoms with Crippen molar-refractivity contribution in [1.82, 2.24) is 5.43 Å². The molecule has 34 heavy (non-hydrogen) atoms. The molecule has 0 atom stereocenters. The second kappa shape index (κ2) is 12.5. The Kier molecular flexibility index (Phi) is 9.45. The van der Waals surface area contributed by atoms with E-state index < -0.39 is 0 Å². The highest BCUT2D eigenvalue weighted by Gasteiger charge is 2.11. The molecule has 0 heterocycles. The first-order valence-electron chi connectivity index (χ1n) is 10.4. The van der Waals surface area contributed by atoms with Crippen LogP contribution in [0.1, 0.15) is 34.8 Å². The Balaban J connectivity index is 1.59. The molecule has 6 nitrogen and oxygen atoms in total. The molecular formula is C25H23Cl3N2O4. The number of methoxy groups -OCH3 is 1. The van der Waals surface area contributed by atoms with Gasteiger partial charge in [-0.05, 0) is 60.5 Å². The molecule has 0 radical (unpaired) electrons. The summed E-state index contributed by atoms with van der Waals surface area (Å²) in [6.07, 6.45) is 2.35. The number of nitrogens with one attached hydrogen (secondary N) is 1. The van der Waals surface area contributed by atoms with Gasteiger partial charge in [0.05, 0.1) is 25.0 Å². The predicted octanol–water partition coefficient (Wildman–Crippen LogP) is 6.79. The van der Waals surface area contributed by atoms with Crippen LogP contribution in [0, 0.1) is 0 Å². The van der Waals surface area contributed by atoms with E-state index in [0.29, 0.717) is 50.1 Å². The van der Waals surface area contributed by atoms with Crippen molar-refractivity contribution in [2.75, 3.05) is 13.7 Å². The maximum atomic E-state index is 12.4. The molecule has 0 unspecified atom stereocenters. The number of halogens is 3. The molecule has 9 heteroatoms. The van der Waals surface area contributed by atoms with E-state index in [4.69, 9.17) is 49.0 Å². The maximum absolute atomic E-state index is 12.4. The van der Waals surface area contributed by atoms with E-state index >= 15 is 0 Å². The summed E-state index contributed by atoms with van der Waals surface area (Å²) >= 11 is 18.4. The molecule has 3 rings (SSSR count). The third kappa shape index (κ3) is 7.03. The molecule has 3 aromatic rings. The van der Waals surface area contributed by atoms with Gasteiger partial charge in [-0.1, -0.05) is 47.8 Å². The zero-order chi connectivity index (χ0) is 24.5. The van der Waals surface area contributed by atoms with Crippen LogP contribution in [-0.2, 0) is 6.61 Å². The molecule has 0 aliphatic rings. The highest BCUT2D eigenvalue weighted by molar-refractivity contribution is 6.35. The quantitative estimate of drug-likeness (QED) is 0.236. The summed E-state index contributed by atoms with van der Waals surface area (Å²) in [6.45, 7) is 2.82. The van der Waals surface area contributed by atoms with Gasteiger partial charge in [0.25, 0.3) is 5.91 Å². The fraction of sp³-hybridized carbons (Fsp3) is 0.200. The Morgan fingerprint density at radius 3 is 2.44 bits per heavy atom. The number of hydrogen-bond donors (Lipinski definition) is 1. The van der Waals surface area contributed by atoms with Crippen molar-refractivity contribution < 1.29 is 19.0 Å². The molecule has 1 amide bonds. The van der Waals surface area contributed by atoms with Gasteiger partial charge in [0.1, 0.15) is 12.4 Å². The third-order valence-corrected chi connectivity index (χ3v) is 5.50. The number of ether oxygens (including phenoxy) is 3. The van der Waals surface area contributed by atoms with Crippen LogP contribution in [0.4, 0.5) is 0 Å². The number of amides is 1. The molecule has 0 saturated carbocycles. The van der Waals surface area contributed by atoms with Gasteiger partial charge in [-0.25, -0.2) is 5.43 Å². The fourth-order valence-corrected chi connectivity index (χ4v) is 3.59. The molecule has 0 aliphatic carbocycles. The lowest BCUT2D eigenvalue weighted by Crippen LogP contribution is -2.17. The Hall–Kier alpha value is -2.93. The molecule has 1 N–H and O–H groups in total. The van der Waals surface area contributed by atoms with Gasteiger partial charge in [0, 0.05) is 21.2 Å². The van der Waals surface area contributed by atoms with Crippen molar-refractivity contribution in [3.8, 4) is 17.2 Å². The largest absolute Gasteiger partial charge is 0.493 e. The van der Waals surface area contributed by atoms with Gasteiger partial charge in [0.2, 0.25) is 0 Å². The van der Waals surface area contributed by atoms with E-state index in [1.165, 1.54) is 13.3 Å². The van der Waals surface area contributed by atoms with Crippen LogP contribution in [0.5, 0.6) is 17.2 Å². The predicted molar refractivity (Wildman–Crippen MR) is 136 cm³/mol. The average molecular weight is 522 g/mol. The number of nitrogens with zero attached hydrogens (tertiary/aromatic N) is 1. The molecule has 0 fully saturated rings.